The number of benzene rings is 1. The molecule has 12 heteroatoms. The number of hydrogen-bond acceptors (Lipinski definition) is 7. The first-order chi connectivity index (χ1) is 16.3. The summed E-state index contributed by atoms with van der Waals surface area (Å²) in [6, 6.07) is 3.31. The third-order valence-corrected chi connectivity index (χ3v) is 8.77. The van der Waals surface area contributed by atoms with E-state index >= 15 is 0 Å². The highest BCUT2D eigenvalue weighted by molar-refractivity contribution is 7.92. The number of hydrogen-bond donors (Lipinski definition) is 3. The first-order valence-electron chi connectivity index (χ1n) is 11.1. The first-order valence-corrected chi connectivity index (χ1v) is 14.4. The summed E-state index contributed by atoms with van der Waals surface area (Å²) < 4.78 is 27.6. The van der Waals surface area contributed by atoms with E-state index in [2.05, 4.69) is 25.3 Å². The number of halogens is 2. The second kappa shape index (κ2) is 10.6. The fraction of sp³-hybridized carbons (Fsp3) is 0.409. The molecule has 0 bridgehead atoms. The molecule has 3 N–H and O–H groups in total. The van der Waals surface area contributed by atoms with Gasteiger partial charge in [0.2, 0.25) is 10.0 Å². The van der Waals surface area contributed by atoms with Crippen LogP contribution in [0.1, 0.15) is 55.8 Å². The average molecular weight is 543 g/mol. The van der Waals surface area contributed by atoms with E-state index in [9.17, 15) is 13.2 Å². The molecule has 1 fully saturated rings. The molecule has 4 rings (SSSR count). The maximum absolute atomic E-state index is 13.2. The number of carbonyl (C=O) groups is 1. The van der Waals surface area contributed by atoms with E-state index < -0.39 is 15.9 Å². The van der Waals surface area contributed by atoms with Crippen molar-refractivity contribution >= 4 is 77.9 Å². The monoisotopic (exact) mass is 541 g/mol. The van der Waals surface area contributed by atoms with Crippen molar-refractivity contribution in [1.82, 2.24) is 9.97 Å². The number of fused-ring (bicyclic) bond motifs is 1. The minimum absolute atomic E-state index is 0.00865. The Morgan fingerprint density at radius 2 is 1.94 bits per heavy atom. The number of sulfonamides is 1. The molecule has 8 nitrogen and oxygen atoms in total. The number of thiophene rings is 1. The summed E-state index contributed by atoms with van der Waals surface area (Å²) in [6.07, 6.45) is 7.74. The van der Waals surface area contributed by atoms with E-state index in [0.717, 1.165) is 23.4 Å². The lowest BCUT2D eigenvalue weighted by Crippen LogP contribution is -2.22. The summed E-state index contributed by atoms with van der Waals surface area (Å²) in [7, 11) is -3.57. The van der Waals surface area contributed by atoms with Gasteiger partial charge in [-0.2, -0.15) is 0 Å². The molecular formula is C22H25Cl2N5O3S2. The molecule has 1 amide bonds. The summed E-state index contributed by atoms with van der Waals surface area (Å²) in [5.74, 6) is 0.223. The molecule has 182 valence electrons. The average Bonchev–Trinajstić information content (AvgIpc) is 3.24. The highest BCUT2D eigenvalue weighted by Gasteiger charge is 2.22. The quantitative estimate of drug-likeness (QED) is 0.315. The summed E-state index contributed by atoms with van der Waals surface area (Å²) in [4.78, 5) is 21.9. The van der Waals surface area contributed by atoms with E-state index in [-0.39, 0.29) is 27.2 Å². The molecular weight excluding hydrogens is 517 g/mol. The van der Waals surface area contributed by atoms with Gasteiger partial charge in [-0.3, -0.25) is 9.52 Å². The molecule has 1 aromatic carbocycles. The van der Waals surface area contributed by atoms with Gasteiger partial charge < -0.3 is 10.6 Å². The number of rotatable bonds is 8. The van der Waals surface area contributed by atoms with Crippen LogP contribution in [0.4, 0.5) is 17.2 Å². The molecule has 2 heterocycles. The molecule has 34 heavy (non-hydrogen) atoms. The largest absolute Gasteiger partial charge is 0.366 e. The summed E-state index contributed by atoms with van der Waals surface area (Å²) in [5.41, 5.74) is 1.16. The lowest BCUT2D eigenvalue weighted by Gasteiger charge is -2.23. The number of nitrogens with one attached hydrogen (secondary N) is 3. The number of amides is 1. The van der Waals surface area contributed by atoms with Crippen LogP contribution >= 0.6 is 34.5 Å². The molecule has 2 aromatic heterocycles. The lowest BCUT2D eigenvalue weighted by molar-refractivity contribution is 0.102. The minimum Gasteiger partial charge on any atom is -0.366 e. The van der Waals surface area contributed by atoms with Crippen LogP contribution in [0.15, 0.2) is 23.8 Å². The van der Waals surface area contributed by atoms with Crippen molar-refractivity contribution in [1.29, 1.82) is 0 Å². The molecule has 0 radical (unpaired) electrons. The van der Waals surface area contributed by atoms with Crippen molar-refractivity contribution < 1.29 is 13.2 Å². The molecule has 0 saturated heterocycles. The third kappa shape index (κ3) is 5.56. The van der Waals surface area contributed by atoms with Gasteiger partial charge in [-0.05, 0) is 31.4 Å². The van der Waals surface area contributed by atoms with E-state index in [1.54, 1.807) is 12.3 Å². The predicted octanol–water partition coefficient (Wildman–Crippen LogP) is 6.15. The molecule has 0 unspecified atom stereocenters. The van der Waals surface area contributed by atoms with Crippen LogP contribution < -0.4 is 15.4 Å². The van der Waals surface area contributed by atoms with E-state index in [1.807, 2.05) is 0 Å². The van der Waals surface area contributed by atoms with Crippen molar-refractivity contribution in [2.75, 3.05) is 21.1 Å². The second-order valence-electron chi connectivity index (χ2n) is 8.19. The van der Waals surface area contributed by atoms with Crippen LogP contribution in [-0.4, -0.2) is 36.1 Å². The van der Waals surface area contributed by atoms with Crippen molar-refractivity contribution in [2.24, 2.45) is 0 Å². The zero-order valence-corrected chi connectivity index (χ0v) is 21.7. The van der Waals surface area contributed by atoms with Gasteiger partial charge in [0.25, 0.3) is 5.91 Å². The second-order valence-corrected chi connectivity index (χ2v) is 11.7. The fourth-order valence-corrected chi connectivity index (χ4v) is 6.63. The predicted molar refractivity (Wildman–Crippen MR) is 140 cm³/mol. The molecule has 0 atom stereocenters. The van der Waals surface area contributed by atoms with Crippen LogP contribution in [0.3, 0.4) is 0 Å². The maximum atomic E-state index is 13.2. The Labute approximate surface area is 212 Å². The normalized spacial score (nSPS) is 14.8. The molecule has 1 aliphatic rings. The summed E-state index contributed by atoms with van der Waals surface area (Å²) in [5, 5.41) is 8.14. The number of aromatic nitrogens is 2. The van der Waals surface area contributed by atoms with Gasteiger partial charge in [0.1, 0.15) is 12.1 Å². The van der Waals surface area contributed by atoms with Crippen molar-refractivity contribution in [3.63, 3.8) is 0 Å². The molecule has 3 aromatic rings. The Morgan fingerprint density at radius 3 is 2.68 bits per heavy atom. The molecule has 1 aliphatic carbocycles. The minimum atomic E-state index is -3.57. The van der Waals surface area contributed by atoms with Crippen molar-refractivity contribution in [3.8, 4) is 0 Å². The third-order valence-electron chi connectivity index (χ3n) is 5.61. The fourth-order valence-electron chi connectivity index (χ4n) is 3.97. The van der Waals surface area contributed by atoms with Gasteiger partial charge in [0.15, 0.2) is 0 Å². The summed E-state index contributed by atoms with van der Waals surface area (Å²) >= 11 is 14.1. The molecule has 1 saturated carbocycles. The number of anilines is 3. The standard InChI is InChI=1S/C22H25Cl2N5O3S2/c1-2-10-34(31,32)29-16-9-8-15(23)19(17(16)24)28-22(30)14-11-33-20-18(14)25-12-26-21(20)27-13-6-4-3-5-7-13/h8-9,11-13,29H,2-7,10H2,1H3,(H,28,30)(H,25,26,27). The highest BCUT2D eigenvalue weighted by Crippen LogP contribution is 2.38. The van der Waals surface area contributed by atoms with E-state index in [0.29, 0.717) is 23.5 Å². The van der Waals surface area contributed by atoms with Crippen LogP contribution in [0, 0.1) is 0 Å². The van der Waals surface area contributed by atoms with Gasteiger partial charge in [-0.1, -0.05) is 49.4 Å². The summed E-state index contributed by atoms with van der Waals surface area (Å²) in [6.45, 7) is 1.76. The Hall–Kier alpha value is -2.14. The number of carbonyl (C=O) groups excluding carboxylic acids is 1. The van der Waals surface area contributed by atoms with Crippen LogP contribution in [-0.2, 0) is 10.0 Å². The topological polar surface area (TPSA) is 113 Å². The Balaban J connectivity index is 1.59. The molecule has 0 spiro atoms. The zero-order chi connectivity index (χ0) is 24.3. The Kier molecular flexibility index (Phi) is 7.81. The Morgan fingerprint density at radius 1 is 1.18 bits per heavy atom. The van der Waals surface area contributed by atoms with Crippen LogP contribution in [0.25, 0.3) is 10.2 Å². The van der Waals surface area contributed by atoms with Gasteiger partial charge in [0, 0.05) is 11.4 Å². The van der Waals surface area contributed by atoms with Gasteiger partial charge in [0.05, 0.1) is 43.0 Å². The van der Waals surface area contributed by atoms with E-state index in [1.165, 1.54) is 49.1 Å². The van der Waals surface area contributed by atoms with Crippen LogP contribution in [0.5, 0.6) is 0 Å². The van der Waals surface area contributed by atoms with Crippen molar-refractivity contribution in [2.45, 2.75) is 51.5 Å². The van der Waals surface area contributed by atoms with Crippen LogP contribution in [0.2, 0.25) is 10.0 Å². The molecule has 0 aliphatic heterocycles. The van der Waals surface area contributed by atoms with Gasteiger partial charge in [-0.15, -0.1) is 11.3 Å². The maximum Gasteiger partial charge on any atom is 0.258 e. The van der Waals surface area contributed by atoms with E-state index in [4.69, 9.17) is 23.2 Å². The Bertz CT molecular complexity index is 1310. The smallest absolute Gasteiger partial charge is 0.258 e. The lowest BCUT2D eigenvalue weighted by atomic mass is 9.95. The zero-order valence-electron chi connectivity index (χ0n) is 18.5. The van der Waals surface area contributed by atoms with Gasteiger partial charge in [-0.25, -0.2) is 18.4 Å². The SMILES string of the molecule is CCCS(=O)(=O)Nc1ccc(Cl)c(NC(=O)c2csc3c(NC4CCCCC4)ncnc23)c1Cl. The number of nitrogens with zero attached hydrogens (tertiary/aromatic N) is 2. The first kappa shape index (κ1) is 25.0. The van der Waals surface area contributed by atoms with Crippen molar-refractivity contribution in [3.05, 3.63) is 39.4 Å². The van der Waals surface area contributed by atoms with Gasteiger partial charge >= 0.3 is 0 Å². The highest BCUT2D eigenvalue weighted by atomic mass is 35.5.